The Kier molecular flexibility index (Phi) is 3.04. The Balaban J connectivity index is 1.53. The van der Waals surface area contributed by atoms with Gasteiger partial charge >= 0.3 is 0 Å². The van der Waals surface area contributed by atoms with Crippen LogP contribution in [0.25, 0.3) is 11.3 Å². The van der Waals surface area contributed by atoms with E-state index in [-0.39, 0.29) is 11.3 Å². The summed E-state index contributed by atoms with van der Waals surface area (Å²) in [6.45, 7) is 2.56. The molecule has 5 rings (SSSR count). The van der Waals surface area contributed by atoms with E-state index >= 15 is 0 Å². The second-order valence-electron chi connectivity index (χ2n) is 7.39. The van der Waals surface area contributed by atoms with Gasteiger partial charge in [-0.25, -0.2) is 9.97 Å². The molecule has 0 bridgehead atoms. The number of nitrogens with two attached hydrogens (primary N) is 1. The van der Waals surface area contributed by atoms with Gasteiger partial charge in [0.25, 0.3) is 5.91 Å². The minimum atomic E-state index is -0.0636. The highest BCUT2D eigenvalue weighted by Gasteiger charge is 2.49. The van der Waals surface area contributed by atoms with E-state index in [1.165, 1.54) is 18.4 Å². The van der Waals surface area contributed by atoms with Crippen LogP contribution >= 0.6 is 0 Å². The number of nitrogens with zero attached hydrogens (tertiary/aromatic N) is 3. The molecule has 0 unspecified atom stereocenters. The Hall–Kier alpha value is -2.63. The predicted octanol–water partition coefficient (Wildman–Crippen LogP) is 2.42. The molecule has 3 aliphatic rings. The van der Waals surface area contributed by atoms with Crippen molar-refractivity contribution < 1.29 is 4.79 Å². The Morgan fingerprint density at radius 1 is 1.24 bits per heavy atom. The molecule has 1 aliphatic carbocycles. The first-order chi connectivity index (χ1) is 12.2. The molecule has 1 spiro atoms. The quantitative estimate of drug-likeness (QED) is 0.880. The maximum atomic E-state index is 12.7. The van der Waals surface area contributed by atoms with Crippen LogP contribution in [-0.4, -0.2) is 40.4 Å². The van der Waals surface area contributed by atoms with Gasteiger partial charge in [-0.05, 0) is 43.9 Å². The first-order valence-electron chi connectivity index (χ1n) is 8.97. The Bertz CT molecular complexity index is 868. The molecule has 6 nitrogen and oxygen atoms in total. The molecule has 128 valence electrons. The molecule has 1 amide bonds. The van der Waals surface area contributed by atoms with Crippen LogP contribution in [0.2, 0.25) is 0 Å². The lowest BCUT2D eigenvalue weighted by Gasteiger charge is -2.16. The molecule has 1 saturated carbocycles. The smallest absolute Gasteiger partial charge is 0.274 e. The monoisotopic (exact) mass is 335 g/mol. The molecule has 3 N–H and O–H groups in total. The molecule has 6 heteroatoms. The number of likely N-dealkylation sites (tertiary alicyclic amines) is 1. The van der Waals surface area contributed by atoms with Crippen LogP contribution in [0.4, 0.5) is 11.5 Å². The van der Waals surface area contributed by atoms with Crippen LogP contribution in [0.1, 0.15) is 41.7 Å². The van der Waals surface area contributed by atoms with Crippen LogP contribution < -0.4 is 11.1 Å². The molecule has 2 fully saturated rings. The topological polar surface area (TPSA) is 84.1 Å². The van der Waals surface area contributed by atoms with Crippen molar-refractivity contribution in [2.45, 2.75) is 31.1 Å². The number of nitrogen functional groups attached to an aromatic ring is 1. The number of fused-ring (bicyclic) bond motifs is 2. The largest absolute Gasteiger partial charge is 0.397 e. The fourth-order valence-electron chi connectivity index (χ4n) is 3.97. The van der Waals surface area contributed by atoms with Crippen LogP contribution in [0.5, 0.6) is 0 Å². The highest BCUT2D eigenvalue weighted by molar-refractivity contribution is 5.97. The van der Waals surface area contributed by atoms with Crippen molar-refractivity contribution in [3.63, 3.8) is 0 Å². The standard InChI is InChI=1S/C19H21N5O/c20-14-3-4-15(23-16(14)18(25)24-7-1-2-8-24)12-9-13-17(21-10-12)22-11-19(13)5-6-19/h3-4,9-10H,1-2,5-8,11,20H2,(H,21,22). The van der Waals surface area contributed by atoms with Gasteiger partial charge in [-0.2, -0.15) is 0 Å². The van der Waals surface area contributed by atoms with Crippen LogP contribution in [0, 0.1) is 0 Å². The van der Waals surface area contributed by atoms with Crippen molar-refractivity contribution in [2.24, 2.45) is 0 Å². The van der Waals surface area contributed by atoms with Gasteiger partial charge in [0.15, 0.2) is 5.69 Å². The first kappa shape index (κ1) is 14.7. The Labute approximate surface area is 146 Å². The third kappa shape index (κ3) is 2.27. The fourth-order valence-corrected chi connectivity index (χ4v) is 3.97. The molecule has 0 aromatic carbocycles. The number of amides is 1. The molecule has 2 aromatic rings. The van der Waals surface area contributed by atoms with Crippen LogP contribution in [0.3, 0.4) is 0 Å². The maximum absolute atomic E-state index is 12.7. The lowest BCUT2D eigenvalue weighted by Crippen LogP contribution is -2.29. The molecular weight excluding hydrogens is 314 g/mol. The third-order valence-corrected chi connectivity index (χ3v) is 5.72. The number of pyridine rings is 2. The lowest BCUT2D eigenvalue weighted by molar-refractivity contribution is 0.0788. The average Bonchev–Trinajstić information content (AvgIpc) is 3.05. The number of carbonyl (C=O) groups excluding carboxylic acids is 1. The van der Waals surface area contributed by atoms with E-state index in [1.54, 1.807) is 6.07 Å². The number of anilines is 2. The number of hydrogen-bond donors (Lipinski definition) is 2. The van der Waals surface area contributed by atoms with Crippen molar-refractivity contribution in [1.82, 2.24) is 14.9 Å². The highest BCUT2D eigenvalue weighted by atomic mass is 16.2. The molecule has 4 heterocycles. The van der Waals surface area contributed by atoms with Gasteiger partial charge in [-0.15, -0.1) is 0 Å². The SMILES string of the molecule is Nc1ccc(-c2cnc3c(c2)C2(CC2)CN3)nc1C(=O)N1CCCC1. The van der Waals surface area contributed by atoms with E-state index < -0.39 is 0 Å². The minimum absolute atomic E-state index is 0.0636. The molecule has 0 radical (unpaired) electrons. The average molecular weight is 335 g/mol. The zero-order chi connectivity index (χ0) is 17.0. The van der Waals surface area contributed by atoms with Crippen molar-refractivity contribution in [3.8, 4) is 11.3 Å². The summed E-state index contributed by atoms with van der Waals surface area (Å²) in [6.07, 6.45) is 6.36. The second kappa shape index (κ2) is 5.18. The van der Waals surface area contributed by atoms with E-state index in [0.29, 0.717) is 11.4 Å². The fraction of sp³-hybridized carbons (Fsp3) is 0.421. The van der Waals surface area contributed by atoms with Gasteiger partial charge in [0, 0.05) is 42.4 Å². The summed E-state index contributed by atoms with van der Waals surface area (Å²) in [5.41, 5.74) is 10.1. The summed E-state index contributed by atoms with van der Waals surface area (Å²) < 4.78 is 0. The van der Waals surface area contributed by atoms with Gasteiger partial charge in [0.1, 0.15) is 5.82 Å². The van der Waals surface area contributed by atoms with Gasteiger partial charge < -0.3 is 16.0 Å². The van der Waals surface area contributed by atoms with Crippen molar-refractivity contribution in [1.29, 1.82) is 0 Å². The van der Waals surface area contributed by atoms with Crippen LogP contribution in [0.15, 0.2) is 24.4 Å². The van der Waals surface area contributed by atoms with Crippen molar-refractivity contribution in [3.05, 3.63) is 35.7 Å². The number of rotatable bonds is 2. The zero-order valence-electron chi connectivity index (χ0n) is 14.1. The lowest BCUT2D eigenvalue weighted by atomic mass is 9.98. The summed E-state index contributed by atoms with van der Waals surface area (Å²) >= 11 is 0. The van der Waals surface area contributed by atoms with Gasteiger partial charge in [0.05, 0.1) is 11.4 Å². The van der Waals surface area contributed by atoms with E-state index in [4.69, 9.17) is 5.73 Å². The Morgan fingerprint density at radius 2 is 2.04 bits per heavy atom. The summed E-state index contributed by atoms with van der Waals surface area (Å²) in [5, 5.41) is 3.40. The van der Waals surface area contributed by atoms with E-state index in [9.17, 15) is 4.79 Å². The van der Waals surface area contributed by atoms with Crippen LogP contribution in [-0.2, 0) is 5.41 Å². The minimum Gasteiger partial charge on any atom is -0.397 e. The number of hydrogen-bond acceptors (Lipinski definition) is 5. The molecule has 2 aromatic heterocycles. The predicted molar refractivity (Wildman–Crippen MR) is 96.4 cm³/mol. The third-order valence-electron chi connectivity index (χ3n) is 5.72. The van der Waals surface area contributed by atoms with Gasteiger partial charge in [0.2, 0.25) is 0 Å². The second-order valence-corrected chi connectivity index (χ2v) is 7.39. The molecule has 0 atom stereocenters. The molecular formula is C19H21N5O. The summed E-state index contributed by atoms with van der Waals surface area (Å²) in [4.78, 5) is 23.7. The normalized spacial score (nSPS) is 19.8. The highest BCUT2D eigenvalue weighted by Crippen LogP contribution is 2.54. The molecule has 2 aliphatic heterocycles. The number of carbonyl (C=O) groups is 1. The van der Waals surface area contributed by atoms with E-state index in [2.05, 4.69) is 21.4 Å². The molecule has 1 saturated heterocycles. The van der Waals surface area contributed by atoms with E-state index in [1.807, 2.05) is 17.2 Å². The first-order valence-corrected chi connectivity index (χ1v) is 8.97. The van der Waals surface area contributed by atoms with Crippen molar-refractivity contribution in [2.75, 3.05) is 30.7 Å². The molecule has 25 heavy (non-hydrogen) atoms. The maximum Gasteiger partial charge on any atom is 0.274 e. The van der Waals surface area contributed by atoms with Crippen molar-refractivity contribution >= 4 is 17.4 Å². The number of nitrogens with one attached hydrogen (secondary N) is 1. The zero-order valence-corrected chi connectivity index (χ0v) is 14.1. The van der Waals surface area contributed by atoms with E-state index in [0.717, 1.165) is 49.6 Å². The Morgan fingerprint density at radius 3 is 2.80 bits per heavy atom. The summed E-state index contributed by atoms with van der Waals surface area (Å²) in [6, 6.07) is 5.84. The summed E-state index contributed by atoms with van der Waals surface area (Å²) in [5.74, 6) is 0.927. The number of aromatic nitrogens is 2. The van der Waals surface area contributed by atoms with Gasteiger partial charge in [-0.1, -0.05) is 0 Å². The summed E-state index contributed by atoms with van der Waals surface area (Å²) in [7, 11) is 0. The van der Waals surface area contributed by atoms with Gasteiger partial charge in [-0.3, -0.25) is 4.79 Å².